The van der Waals surface area contributed by atoms with Gasteiger partial charge >= 0.3 is 13.8 Å². The molecule has 0 radical (unpaired) electrons. The van der Waals surface area contributed by atoms with E-state index in [9.17, 15) is 19.0 Å². The zero-order valence-electron chi connectivity index (χ0n) is 15.9. The molecule has 0 saturated carbocycles. The van der Waals surface area contributed by atoms with Crippen LogP contribution in [0.1, 0.15) is 25.0 Å². The van der Waals surface area contributed by atoms with E-state index in [1.165, 1.54) is 24.3 Å². The molecule has 146 valence electrons. The van der Waals surface area contributed by atoms with Crippen molar-refractivity contribution in [2.45, 2.75) is 50.9 Å². The SMILES string of the molecule is CC(O)(CB1OCc2cc(F)ccc21)C(C)(O)CB1OCc2cc(F)ccc21. The Balaban J connectivity index is 1.50. The van der Waals surface area contributed by atoms with Crippen molar-refractivity contribution in [3.63, 3.8) is 0 Å². The smallest absolute Gasteiger partial charge is 0.330 e. The molecule has 2 heterocycles. The van der Waals surface area contributed by atoms with Crippen molar-refractivity contribution < 1.29 is 28.3 Å². The number of hydrogen-bond acceptors (Lipinski definition) is 4. The monoisotopic (exact) mass is 386 g/mol. The summed E-state index contributed by atoms with van der Waals surface area (Å²) >= 11 is 0. The van der Waals surface area contributed by atoms with Gasteiger partial charge in [0.05, 0.1) is 24.4 Å². The van der Waals surface area contributed by atoms with Gasteiger partial charge in [0.25, 0.3) is 0 Å². The molecule has 4 nitrogen and oxygen atoms in total. The summed E-state index contributed by atoms with van der Waals surface area (Å²) in [5.74, 6) is -0.648. The van der Waals surface area contributed by atoms with E-state index in [-0.39, 0.29) is 37.5 Å². The summed E-state index contributed by atoms with van der Waals surface area (Å²) in [6.45, 7) is 2.84. The minimum Gasteiger partial charge on any atom is -0.427 e. The summed E-state index contributed by atoms with van der Waals surface area (Å²) < 4.78 is 38.3. The maximum atomic E-state index is 13.4. The van der Waals surface area contributed by atoms with E-state index in [0.717, 1.165) is 22.1 Å². The Morgan fingerprint density at radius 1 is 0.821 bits per heavy atom. The highest BCUT2D eigenvalue weighted by molar-refractivity contribution is 6.70. The molecule has 28 heavy (non-hydrogen) atoms. The van der Waals surface area contributed by atoms with Gasteiger partial charge in [-0.3, -0.25) is 0 Å². The van der Waals surface area contributed by atoms with Crippen molar-refractivity contribution in [1.29, 1.82) is 0 Å². The van der Waals surface area contributed by atoms with E-state index < -0.39 is 25.0 Å². The largest absolute Gasteiger partial charge is 0.427 e. The highest BCUT2D eigenvalue weighted by Gasteiger charge is 2.49. The van der Waals surface area contributed by atoms with Crippen LogP contribution >= 0.6 is 0 Å². The summed E-state index contributed by atoms with van der Waals surface area (Å²) in [4.78, 5) is 0. The third kappa shape index (κ3) is 3.50. The van der Waals surface area contributed by atoms with Crippen molar-refractivity contribution in [3.8, 4) is 0 Å². The van der Waals surface area contributed by atoms with Gasteiger partial charge in [-0.15, -0.1) is 0 Å². The van der Waals surface area contributed by atoms with Crippen molar-refractivity contribution in [2.24, 2.45) is 0 Å². The first kappa shape index (κ1) is 19.6. The molecular weight excluding hydrogens is 364 g/mol. The average molecular weight is 386 g/mol. The molecule has 2 aliphatic rings. The fraction of sp³-hybridized carbons (Fsp3) is 0.400. The summed E-state index contributed by atoms with van der Waals surface area (Å²) in [7, 11) is 0. The second kappa shape index (κ2) is 6.95. The van der Waals surface area contributed by atoms with Gasteiger partial charge in [0.15, 0.2) is 0 Å². The lowest BCUT2D eigenvalue weighted by Gasteiger charge is -2.40. The highest BCUT2D eigenvalue weighted by atomic mass is 19.1. The van der Waals surface area contributed by atoms with Crippen molar-refractivity contribution in [3.05, 3.63) is 59.2 Å². The lowest BCUT2D eigenvalue weighted by Crippen LogP contribution is -2.56. The lowest BCUT2D eigenvalue weighted by atomic mass is 9.48. The molecule has 0 aromatic heterocycles. The van der Waals surface area contributed by atoms with Gasteiger partial charge < -0.3 is 19.5 Å². The number of hydrogen-bond donors (Lipinski definition) is 2. The summed E-state index contributed by atoms with van der Waals surface area (Å²) in [6.07, 6.45) is 0.309. The maximum absolute atomic E-state index is 13.4. The summed E-state index contributed by atoms with van der Waals surface area (Å²) in [6, 6.07) is 8.94. The molecule has 0 amide bonds. The van der Waals surface area contributed by atoms with Crippen LogP contribution in [0, 0.1) is 11.6 Å². The van der Waals surface area contributed by atoms with Gasteiger partial charge in [-0.2, -0.15) is 0 Å². The van der Waals surface area contributed by atoms with Gasteiger partial charge in [-0.25, -0.2) is 8.78 Å². The first-order chi connectivity index (χ1) is 13.2. The van der Waals surface area contributed by atoms with Crippen LogP contribution in [0.25, 0.3) is 0 Å². The highest BCUT2D eigenvalue weighted by Crippen LogP contribution is 2.34. The van der Waals surface area contributed by atoms with Crippen LogP contribution in [-0.4, -0.2) is 35.2 Å². The minimum absolute atomic E-state index is 0.154. The molecular formula is C20H22B2F2O4. The lowest BCUT2D eigenvalue weighted by molar-refractivity contribution is -0.110. The van der Waals surface area contributed by atoms with Crippen LogP contribution in [0.3, 0.4) is 0 Å². The van der Waals surface area contributed by atoms with Gasteiger partial charge in [0.2, 0.25) is 0 Å². The van der Waals surface area contributed by atoms with E-state index in [4.69, 9.17) is 9.31 Å². The van der Waals surface area contributed by atoms with E-state index >= 15 is 0 Å². The quantitative estimate of drug-likeness (QED) is 0.768. The van der Waals surface area contributed by atoms with Crippen LogP contribution < -0.4 is 10.9 Å². The number of halogens is 2. The topological polar surface area (TPSA) is 58.9 Å². The molecule has 4 rings (SSSR count). The van der Waals surface area contributed by atoms with Gasteiger partial charge in [-0.1, -0.05) is 12.1 Å². The Labute approximate surface area is 163 Å². The number of rotatable bonds is 5. The molecule has 0 fully saturated rings. The Morgan fingerprint density at radius 2 is 1.21 bits per heavy atom. The van der Waals surface area contributed by atoms with Crippen molar-refractivity contribution >= 4 is 24.8 Å². The standard InChI is InChI=1S/C20H22B2F2O4/c1-19(25,11-21-17-5-3-15(23)7-13(17)9-27-21)20(2,26)12-22-18-6-4-16(24)8-14(18)10-28-22/h3-8,25-26H,9-12H2,1-2H3. The molecule has 2 atom stereocenters. The maximum Gasteiger partial charge on any atom is 0.330 e. The normalized spacial score (nSPS) is 19.9. The van der Waals surface area contributed by atoms with Gasteiger partial charge in [-0.05, 0) is 72.8 Å². The molecule has 8 heteroatoms. The number of aliphatic hydroxyl groups is 2. The van der Waals surface area contributed by atoms with Crippen LogP contribution in [0.2, 0.25) is 12.6 Å². The van der Waals surface area contributed by atoms with E-state index in [0.29, 0.717) is 0 Å². The molecule has 2 unspecified atom stereocenters. The van der Waals surface area contributed by atoms with Gasteiger partial charge in [0, 0.05) is 0 Å². The second-order valence-corrected chi connectivity index (χ2v) is 8.24. The molecule has 2 aromatic carbocycles. The van der Waals surface area contributed by atoms with Crippen LogP contribution in [0.5, 0.6) is 0 Å². The summed E-state index contributed by atoms with van der Waals surface area (Å²) in [5.41, 5.74) is 0.205. The average Bonchev–Trinajstić information content (AvgIpc) is 3.18. The zero-order valence-corrected chi connectivity index (χ0v) is 15.9. The molecule has 0 saturated heterocycles. The first-order valence-electron chi connectivity index (χ1n) is 9.41. The predicted octanol–water partition coefficient (Wildman–Crippen LogP) is 1.62. The third-order valence-electron chi connectivity index (χ3n) is 6.11. The fourth-order valence-corrected chi connectivity index (χ4v) is 4.09. The van der Waals surface area contributed by atoms with Crippen LogP contribution in [0.4, 0.5) is 8.78 Å². The van der Waals surface area contributed by atoms with E-state index in [1.54, 1.807) is 26.0 Å². The number of fused-ring (bicyclic) bond motifs is 2. The molecule has 0 spiro atoms. The zero-order chi connectivity index (χ0) is 20.1. The molecule has 2 aromatic rings. The van der Waals surface area contributed by atoms with Crippen molar-refractivity contribution in [1.82, 2.24) is 0 Å². The molecule has 2 aliphatic heterocycles. The molecule has 0 aliphatic carbocycles. The number of benzene rings is 2. The summed E-state index contributed by atoms with van der Waals surface area (Å²) in [5, 5.41) is 22.2. The Kier molecular flexibility index (Phi) is 4.86. The Hall–Kier alpha value is -1.73. The van der Waals surface area contributed by atoms with Gasteiger partial charge in [0.1, 0.15) is 11.6 Å². The third-order valence-corrected chi connectivity index (χ3v) is 6.11. The predicted molar refractivity (Wildman–Crippen MR) is 104 cm³/mol. The van der Waals surface area contributed by atoms with E-state index in [2.05, 4.69) is 0 Å². The Morgan fingerprint density at radius 3 is 1.61 bits per heavy atom. The van der Waals surface area contributed by atoms with Crippen molar-refractivity contribution in [2.75, 3.05) is 0 Å². The second-order valence-electron chi connectivity index (χ2n) is 8.24. The minimum atomic E-state index is -1.49. The molecule has 0 bridgehead atoms. The first-order valence-corrected chi connectivity index (χ1v) is 9.41. The van der Waals surface area contributed by atoms with E-state index in [1.807, 2.05) is 0 Å². The van der Waals surface area contributed by atoms with Crippen LogP contribution in [-0.2, 0) is 22.5 Å². The molecule has 2 N–H and O–H groups in total. The van der Waals surface area contributed by atoms with Crippen LogP contribution in [0.15, 0.2) is 36.4 Å². The Bertz CT molecular complexity index is 830. The fourth-order valence-electron chi connectivity index (χ4n) is 4.09.